The van der Waals surface area contributed by atoms with Gasteiger partial charge in [-0.05, 0) is 0 Å². The molecule has 1 saturated heterocycles. The van der Waals surface area contributed by atoms with Crippen LogP contribution in [-0.2, 0) is 0 Å². The zero-order valence-corrected chi connectivity index (χ0v) is 2.94. The molecular weight excluding hydrogens is 66.0 g/mol. The highest BCUT2D eigenvalue weighted by atomic mass is 16.3. The molecule has 1 rings (SSSR count). The van der Waals surface area contributed by atoms with Gasteiger partial charge in [0.1, 0.15) is 0 Å². The van der Waals surface area contributed by atoms with E-state index in [0.29, 0.717) is 12.6 Å². The molecule has 0 bridgehead atoms. The highest BCUT2D eigenvalue weighted by Crippen LogP contribution is 1.90. The average molecular weight is 73.1 g/mol. The van der Waals surface area contributed by atoms with E-state index < -0.39 is 0 Å². The lowest BCUT2D eigenvalue weighted by molar-refractivity contribution is 0.297. The summed E-state index contributed by atoms with van der Waals surface area (Å²) in [6.45, 7) is 1.32. The molecule has 0 unspecified atom stereocenters. The van der Waals surface area contributed by atoms with Crippen LogP contribution in [0.25, 0.3) is 0 Å². The molecule has 1 heterocycles. The van der Waals surface area contributed by atoms with Gasteiger partial charge < -0.3 is 10.4 Å². The van der Waals surface area contributed by atoms with E-state index in [1.54, 1.807) is 0 Å². The van der Waals surface area contributed by atoms with E-state index in [0.717, 1.165) is 6.54 Å². The maximum absolute atomic E-state index is 8.14. The fourth-order valence-corrected chi connectivity index (χ4v) is 0.212. The van der Waals surface area contributed by atoms with Crippen molar-refractivity contribution in [1.82, 2.24) is 5.32 Å². The summed E-state index contributed by atoms with van der Waals surface area (Å²) in [7, 11) is 0. The summed E-state index contributed by atoms with van der Waals surface area (Å²) in [5.74, 6) is 0. The Kier molecular flexibility index (Phi) is 0.596. The first-order valence-electron chi connectivity index (χ1n) is 1.77. The molecule has 0 spiro atoms. The fraction of sp³-hybridized carbons (Fsp3) is 1.00. The normalized spacial score (nSPS) is 34.2. The number of aliphatic hydroxyl groups excluding tert-OH is 1. The summed E-state index contributed by atoms with van der Waals surface area (Å²) in [6, 6.07) is 0.440. The molecule has 5 heavy (non-hydrogen) atoms. The SMILES string of the molecule is OC[C@H]1CN1. The predicted octanol–water partition coefficient (Wildman–Crippen LogP) is -1.05. The Bertz CT molecular complexity index is 33.9. The van der Waals surface area contributed by atoms with E-state index in [-0.39, 0.29) is 0 Å². The van der Waals surface area contributed by atoms with Crippen LogP contribution in [0.4, 0.5) is 0 Å². The van der Waals surface area contributed by atoms with E-state index in [4.69, 9.17) is 5.11 Å². The third-order valence-electron chi connectivity index (χ3n) is 0.713. The van der Waals surface area contributed by atoms with Crippen LogP contribution >= 0.6 is 0 Å². The van der Waals surface area contributed by atoms with Crippen LogP contribution in [0.15, 0.2) is 0 Å². The second-order valence-corrected chi connectivity index (χ2v) is 1.29. The molecule has 1 fully saturated rings. The Morgan fingerprint density at radius 2 is 2.60 bits per heavy atom. The minimum atomic E-state index is 0.306. The summed E-state index contributed by atoms with van der Waals surface area (Å²) in [6.07, 6.45) is 0. The Balaban J connectivity index is 2.00. The Morgan fingerprint density at radius 1 is 2.00 bits per heavy atom. The molecular formula is C3H7NO. The van der Waals surface area contributed by atoms with Crippen LogP contribution in [0.3, 0.4) is 0 Å². The van der Waals surface area contributed by atoms with E-state index in [1.165, 1.54) is 0 Å². The first-order valence-corrected chi connectivity index (χ1v) is 1.77. The van der Waals surface area contributed by atoms with E-state index in [9.17, 15) is 0 Å². The number of aliphatic hydroxyl groups is 1. The van der Waals surface area contributed by atoms with Crippen molar-refractivity contribution >= 4 is 0 Å². The largest absolute Gasteiger partial charge is 0.395 e. The summed E-state index contributed by atoms with van der Waals surface area (Å²) < 4.78 is 0. The third kappa shape index (κ3) is 0.597. The number of hydrogen-bond acceptors (Lipinski definition) is 2. The molecule has 2 nitrogen and oxygen atoms in total. The molecule has 1 aliphatic rings. The Morgan fingerprint density at radius 3 is 2.60 bits per heavy atom. The lowest BCUT2D eigenvalue weighted by Crippen LogP contribution is -1.94. The van der Waals surface area contributed by atoms with Gasteiger partial charge in [0.15, 0.2) is 0 Å². The first-order chi connectivity index (χ1) is 2.43. The van der Waals surface area contributed by atoms with Crippen LogP contribution in [0.1, 0.15) is 0 Å². The molecule has 0 amide bonds. The van der Waals surface area contributed by atoms with Gasteiger partial charge in [-0.1, -0.05) is 0 Å². The minimum absolute atomic E-state index is 0.306. The molecule has 0 aromatic carbocycles. The topological polar surface area (TPSA) is 42.2 Å². The summed E-state index contributed by atoms with van der Waals surface area (Å²) in [4.78, 5) is 0. The summed E-state index contributed by atoms with van der Waals surface area (Å²) >= 11 is 0. The van der Waals surface area contributed by atoms with Crippen molar-refractivity contribution in [2.45, 2.75) is 6.04 Å². The van der Waals surface area contributed by atoms with E-state index >= 15 is 0 Å². The van der Waals surface area contributed by atoms with E-state index in [1.807, 2.05) is 0 Å². The van der Waals surface area contributed by atoms with Crippen molar-refractivity contribution < 1.29 is 5.11 Å². The molecule has 1 aliphatic heterocycles. The van der Waals surface area contributed by atoms with Gasteiger partial charge in [-0.15, -0.1) is 0 Å². The summed E-state index contributed by atoms with van der Waals surface area (Å²) in [5, 5.41) is 11.1. The molecule has 0 saturated carbocycles. The number of hydrogen-bond donors (Lipinski definition) is 2. The van der Waals surface area contributed by atoms with Crippen molar-refractivity contribution in [1.29, 1.82) is 0 Å². The lowest BCUT2D eigenvalue weighted by Gasteiger charge is -1.72. The fourth-order valence-electron chi connectivity index (χ4n) is 0.212. The quantitative estimate of drug-likeness (QED) is 0.389. The molecule has 1 atom stereocenters. The van der Waals surface area contributed by atoms with Crippen molar-refractivity contribution in [2.24, 2.45) is 0 Å². The predicted molar refractivity (Wildman–Crippen MR) is 18.9 cm³/mol. The van der Waals surface area contributed by atoms with Crippen LogP contribution in [0.5, 0.6) is 0 Å². The first kappa shape index (κ1) is 3.12. The van der Waals surface area contributed by atoms with Crippen LogP contribution < -0.4 is 5.32 Å². The standard InChI is InChI=1S/C3H7NO/c5-2-3-1-4-3/h3-5H,1-2H2/t3-/m1/s1. The van der Waals surface area contributed by atoms with Crippen molar-refractivity contribution in [3.05, 3.63) is 0 Å². The second-order valence-electron chi connectivity index (χ2n) is 1.29. The van der Waals surface area contributed by atoms with Gasteiger partial charge in [0.05, 0.1) is 6.61 Å². The summed E-state index contributed by atoms with van der Waals surface area (Å²) in [5.41, 5.74) is 0. The van der Waals surface area contributed by atoms with Gasteiger partial charge in [-0.3, -0.25) is 0 Å². The van der Waals surface area contributed by atoms with Gasteiger partial charge in [-0.25, -0.2) is 0 Å². The molecule has 0 aromatic heterocycles. The van der Waals surface area contributed by atoms with E-state index in [2.05, 4.69) is 5.32 Å². The maximum atomic E-state index is 8.14. The zero-order valence-electron chi connectivity index (χ0n) is 2.94. The van der Waals surface area contributed by atoms with Crippen molar-refractivity contribution in [3.63, 3.8) is 0 Å². The van der Waals surface area contributed by atoms with Gasteiger partial charge in [-0.2, -0.15) is 0 Å². The van der Waals surface area contributed by atoms with Crippen molar-refractivity contribution in [2.75, 3.05) is 13.2 Å². The number of nitrogens with one attached hydrogen (secondary N) is 1. The highest BCUT2D eigenvalue weighted by molar-refractivity contribution is 4.81. The molecule has 30 valence electrons. The Labute approximate surface area is 30.8 Å². The van der Waals surface area contributed by atoms with Gasteiger partial charge in [0.25, 0.3) is 0 Å². The van der Waals surface area contributed by atoms with Crippen molar-refractivity contribution in [3.8, 4) is 0 Å². The number of rotatable bonds is 1. The van der Waals surface area contributed by atoms with Crippen LogP contribution in [-0.4, -0.2) is 24.3 Å². The molecule has 2 N–H and O–H groups in total. The minimum Gasteiger partial charge on any atom is -0.395 e. The maximum Gasteiger partial charge on any atom is 0.0597 e. The molecule has 0 radical (unpaired) electrons. The molecule has 2 heteroatoms. The average Bonchev–Trinajstić information content (AvgIpc) is 2.12. The highest BCUT2D eigenvalue weighted by Gasteiger charge is 2.16. The lowest BCUT2D eigenvalue weighted by atomic mass is 10.5. The van der Waals surface area contributed by atoms with Gasteiger partial charge >= 0.3 is 0 Å². The van der Waals surface area contributed by atoms with Crippen LogP contribution in [0.2, 0.25) is 0 Å². The molecule has 0 aliphatic carbocycles. The van der Waals surface area contributed by atoms with Gasteiger partial charge in [0, 0.05) is 12.6 Å². The van der Waals surface area contributed by atoms with Gasteiger partial charge in [0.2, 0.25) is 0 Å². The third-order valence-corrected chi connectivity index (χ3v) is 0.713. The second kappa shape index (κ2) is 0.954. The monoisotopic (exact) mass is 73.1 g/mol. The molecule has 0 aromatic rings. The smallest absolute Gasteiger partial charge is 0.0597 e. The van der Waals surface area contributed by atoms with Crippen LogP contribution in [0, 0.1) is 0 Å². The Hall–Kier alpha value is -0.0800. The zero-order chi connectivity index (χ0) is 3.70.